The summed E-state index contributed by atoms with van der Waals surface area (Å²) in [6.07, 6.45) is -2.59. The van der Waals surface area contributed by atoms with Crippen LogP contribution in [0.4, 0.5) is 23.7 Å². The predicted molar refractivity (Wildman–Crippen MR) is 84.8 cm³/mol. The van der Waals surface area contributed by atoms with Gasteiger partial charge >= 0.3 is 12.3 Å². The van der Waals surface area contributed by atoms with E-state index in [1.807, 2.05) is 11.4 Å². The van der Waals surface area contributed by atoms with E-state index in [9.17, 15) is 18.0 Å². The van der Waals surface area contributed by atoms with E-state index in [-0.39, 0.29) is 17.0 Å². The number of nitrogens with zero attached hydrogens (tertiary/aromatic N) is 4. The zero-order valence-corrected chi connectivity index (χ0v) is 14.0. The van der Waals surface area contributed by atoms with Crippen molar-refractivity contribution < 1.29 is 22.7 Å². The fourth-order valence-corrected chi connectivity index (χ4v) is 1.87. The molecule has 2 rings (SSSR count). The van der Waals surface area contributed by atoms with Gasteiger partial charge in [-0.05, 0) is 26.8 Å². The molecule has 0 unspecified atom stereocenters. The second-order valence-corrected chi connectivity index (χ2v) is 6.15. The van der Waals surface area contributed by atoms with E-state index in [2.05, 4.69) is 15.0 Å². The Morgan fingerprint density at radius 2 is 1.92 bits per heavy atom. The van der Waals surface area contributed by atoms with Gasteiger partial charge in [0.05, 0.1) is 17.4 Å². The third-order valence-corrected chi connectivity index (χ3v) is 2.82. The number of nitriles is 1. The van der Waals surface area contributed by atoms with Crippen molar-refractivity contribution in [1.29, 1.82) is 5.26 Å². The van der Waals surface area contributed by atoms with Crippen molar-refractivity contribution in [2.45, 2.75) is 32.5 Å². The standard InChI is InChI=1S/C16H14F3N5O2/c1-15(2,3)26-14(25)23-11-8-22-13(24-12(11)16(17,18)19)10-4-9(5-20)6-21-7-10/h4,6-8H,1-3H3,(H,23,25). The maximum absolute atomic E-state index is 13.3. The molecule has 2 heterocycles. The number of carbonyl (C=O) groups is 1. The molecular weight excluding hydrogens is 351 g/mol. The average molecular weight is 365 g/mol. The number of hydrogen-bond donors (Lipinski definition) is 1. The number of aromatic nitrogens is 3. The van der Waals surface area contributed by atoms with Crippen LogP contribution in [0.2, 0.25) is 0 Å². The molecule has 26 heavy (non-hydrogen) atoms. The number of halogens is 3. The van der Waals surface area contributed by atoms with Crippen LogP contribution in [0.3, 0.4) is 0 Å². The maximum atomic E-state index is 13.3. The molecule has 0 radical (unpaired) electrons. The summed E-state index contributed by atoms with van der Waals surface area (Å²) >= 11 is 0. The lowest BCUT2D eigenvalue weighted by molar-refractivity contribution is -0.140. The third kappa shape index (κ3) is 4.89. The molecule has 0 aliphatic carbocycles. The molecule has 1 amide bonds. The lowest BCUT2D eigenvalue weighted by Crippen LogP contribution is -2.28. The molecule has 0 aliphatic heterocycles. The Morgan fingerprint density at radius 1 is 1.23 bits per heavy atom. The lowest BCUT2D eigenvalue weighted by Gasteiger charge is -2.20. The number of anilines is 1. The number of nitrogens with one attached hydrogen (secondary N) is 1. The Morgan fingerprint density at radius 3 is 2.50 bits per heavy atom. The molecule has 0 aliphatic rings. The van der Waals surface area contributed by atoms with Crippen molar-refractivity contribution >= 4 is 11.8 Å². The smallest absolute Gasteiger partial charge is 0.435 e. The van der Waals surface area contributed by atoms with E-state index in [0.29, 0.717) is 0 Å². The van der Waals surface area contributed by atoms with Crippen LogP contribution in [-0.2, 0) is 10.9 Å². The van der Waals surface area contributed by atoms with Crippen LogP contribution in [0.15, 0.2) is 24.7 Å². The Labute approximate surface area is 146 Å². The van der Waals surface area contributed by atoms with Crippen LogP contribution >= 0.6 is 0 Å². The quantitative estimate of drug-likeness (QED) is 0.869. The van der Waals surface area contributed by atoms with Gasteiger partial charge in [0.25, 0.3) is 0 Å². The summed E-state index contributed by atoms with van der Waals surface area (Å²) in [6.45, 7) is 4.73. The first-order valence-electron chi connectivity index (χ1n) is 7.29. The van der Waals surface area contributed by atoms with Gasteiger partial charge in [0.15, 0.2) is 11.5 Å². The number of carbonyl (C=O) groups excluding carboxylic acids is 1. The van der Waals surface area contributed by atoms with Gasteiger partial charge in [-0.25, -0.2) is 14.8 Å². The van der Waals surface area contributed by atoms with E-state index in [0.717, 1.165) is 6.20 Å². The summed E-state index contributed by atoms with van der Waals surface area (Å²) in [5, 5.41) is 10.9. The van der Waals surface area contributed by atoms with Crippen molar-refractivity contribution in [3.63, 3.8) is 0 Å². The Hall–Kier alpha value is -3.22. The molecule has 1 N–H and O–H groups in total. The summed E-state index contributed by atoms with van der Waals surface area (Å²) in [5.41, 5.74) is -2.57. The van der Waals surface area contributed by atoms with Crippen LogP contribution in [0.1, 0.15) is 32.0 Å². The molecular formula is C16H14F3N5O2. The van der Waals surface area contributed by atoms with E-state index >= 15 is 0 Å². The van der Waals surface area contributed by atoms with Gasteiger partial charge in [0.2, 0.25) is 0 Å². The van der Waals surface area contributed by atoms with Crippen LogP contribution in [-0.4, -0.2) is 26.6 Å². The predicted octanol–water partition coefficient (Wildman–Crippen LogP) is 3.78. The number of pyridine rings is 1. The van der Waals surface area contributed by atoms with Crippen molar-refractivity contribution in [3.8, 4) is 17.5 Å². The first-order valence-corrected chi connectivity index (χ1v) is 7.29. The average Bonchev–Trinajstić information content (AvgIpc) is 2.52. The lowest BCUT2D eigenvalue weighted by atomic mass is 10.2. The second kappa shape index (κ2) is 6.95. The molecule has 0 saturated heterocycles. The second-order valence-electron chi connectivity index (χ2n) is 6.15. The van der Waals surface area contributed by atoms with E-state index in [1.165, 1.54) is 18.5 Å². The van der Waals surface area contributed by atoms with Gasteiger partial charge in [-0.2, -0.15) is 18.4 Å². The van der Waals surface area contributed by atoms with E-state index in [4.69, 9.17) is 10.00 Å². The van der Waals surface area contributed by atoms with Gasteiger partial charge in [-0.15, -0.1) is 0 Å². The molecule has 0 atom stereocenters. The molecule has 0 saturated carbocycles. The highest BCUT2D eigenvalue weighted by atomic mass is 19.4. The monoisotopic (exact) mass is 365 g/mol. The topological polar surface area (TPSA) is 101 Å². The highest BCUT2D eigenvalue weighted by Crippen LogP contribution is 2.34. The zero-order valence-electron chi connectivity index (χ0n) is 14.0. The number of alkyl halides is 3. The summed E-state index contributed by atoms with van der Waals surface area (Å²) in [4.78, 5) is 22.8. The van der Waals surface area contributed by atoms with Gasteiger partial charge in [0, 0.05) is 18.0 Å². The van der Waals surface area contributed by atoms with Crippen LogP contribution in [0, 0.1) is 11.3 Å². The summed E-state index contributed by atoms with van der Waals surface area (Å²) in [6, 6.07) is 3.14. The molecule has 0 spiro atoms. The number of hydrogen-bond acceptors (Lipinski definition) is 6. The van der Waals surface area contributed by atoms with Crippen molar-refractivity contribution in [2.75, 3.05) is 5.32 Å². The molecule has 0 fully saturated rings. The van der Waals surface area contributed by atoms with Crippen LogP contribution in [0.25, 0.3) is 11.4 Å². The first kappa shape index (κ1) is 19.1. The number of rotatable bonds is 2. The fourth-order valence-electron chi connectivity index (χ4n) is 1.87. The first-order chi connectivity index (χ1) is 12.0. The molecule has 7 nitrogen and oxygen atoms in total. The summed E-state index contributed by atoms with van der Waals surface area (Å²) in [7, 11) is 0. The zero-order chi connectivity index (χ0) is 19.5. The minimum Gasteiger partial charge on any atom is -0.444 e. The molecule has 2 aromatic rings. The van der Waals surface area contributed by atoms with Crippen molar-refractivity contribution in [2.24, 2.45) is 0 Å². The Kier molecular flexibility index (Phi) is 5.11. The van der Waals surface area contributed by atoms with Crippen LogP contribution < -0.4 is 5.32 Å². The van der Waals surface area contributed by atoms with Crippen molar-refractivity contribution in [3.05, 3.63) is 35.9 Å². The molecule has 0 bridgehead atoms. The normalized spacial score (nSPS) is 11.6. The third-order valence-electron chi connectivity index (χ3n) is 2.82. The molecule has 0 aromatic carbocycles. The minimum absolute atomic E-state index is 0.137. The Balaban J connectivity index is 2.42. The fraction of sp³-hybridized carbons (Fsp3) is 0.312. The van der Waals surface area contributed by atoms with Gasteiger partial charge < -0.3 is 4.74 Å². The summed E-state index contributed by atoms with van der Waals surface area (Å²) in [5.74, 6) is -0.281. The highest BCUT2D eigenvalue weighted by molar-refractivity contribution is 5.85. The van der Waals surface area contributed by atoms with E-state index in [1.54, 1.807) is 20.8 Å². The van der Waals surface area contributed by atoms with Crippen LogP contribution in [0.5, 0.6) is 0 Å². The number of ether oxygens (including phenoxy) is 1. The number of amides is 1. The van der Waals surface area contributed by atoms with Gasteiger partial charge in [-0.1, -0.05) is 0 Å². The van der Waals surface area contributed by atoms with Crippen molar-refractivity contribution in [1.82, 2.24) is 15.0 Å². The van der Waals surface area contributed by atoms with Gasteiger partial charge in [-0.3, -0.25) is 10.3 Å². The summed E-state index contributed by atoms with van der Waals surface area (Å²) < 4.78 is 44.9. The molecule has 136 valence electrons. The molecule has 10 heteroatoms. The highest BCUT2D eigenvalue weighted by Gasteiger charge is 2.37. The van der Waals surface area contributed by atoms with Gasteiger partial charge in [0.1, 0.15) is 11.7 Å². The minimum atomic E-state index is -4.84. The maximum Gasteiger partial charge on any atom is 0.435 e. The Bertz CT molecular complexity index is 869. The van der Waals surface area contributed by atoms with E-state index < -0.39 is 29.3 Å². The SMILES string of the molecule is CC(C)(C)OC(=O)Nc1cnc(-c2cncc(C#N)c2)nc1C(F)(F)F. The molecule has 2 aromatic heterocycles. The largest absolute Gasteiger partial charge is 0.444 e.